The summed E-state index contributed by atoms with van der Waals surface area (Å²) in [6.07, 6.45) is -1.98. The first kappa shape index (κ1) is 19.7. The fourth-order valence-corrected chi connectivity index (χ4v) is 2.67. The van der Waals surface area contributed by atoms with E-state index in [1.807, 2.05) is 6.92 Å². The van der Waals surface area contributed by atoms with Crippen molar-refractivity contribution in [2.24, 2.45) is 0 Å². The number of amides is 1. The van der Waals surface area contributed by atoms with Gasteiger partial charge in [-0.05, 0) is 42.8 Å². The molecule has 0 aliphatic rings. The Balaban J connectivity index is 1.81. The zero-order valence-corrected chi connectivity index (χ0v) is 15.3. The van der Waals surface area contributed by atoms with Crippen molar-refractivity contribution in [3.05, 3.63) is 65.2 Å². The average Bonchev–Trinajstić information content (AvgIpc) is 3.16. The van der Waals surface area contributed by atoms with Crippen molar-refractivity contribution >= 4 is 28.9 Å². The van der Waals surface area contributed by atoms with Gasteiger partial charge in [-0.2, -0.15) is 18.3 Å². The van der Waals surface area contributed by atoms with Crippen molar-refractivity contribution in [2.75, 3.05) is 17.2 Å². The molecule has 2 N–H and O–H groups in total. The number of nitrogens with one attached hydrogen (secondary N) is 2. The van der Waals surface area contributed by atoms with Gasteiger partial charge in [0.15, 0.2) is 0 Å². The largest absolute Gasteiger partial charge is 0.416 e. The number of rotatable bonds is 5. The van der Waals surface area contributed by atoms with Crippen LogP contribution in [0.25, 0.3) is 5.69 Å². The van der Waals surface area contributed by atoms with E-state index in [9.17, 15) is 18.0 Å². The molecule has 0 saturated heterocycles. The number of aryl methyl sites for hydroxylation is 1. The number of carbonyl (C=O) groups excluding carboxylic acids is 1. The zero-order chi connectivity index (χ0) is 20.3. The lowest BCUT2D eigenvalue weighted by Gasteiger charge is -2.15. The molecule has 10 heteroatoms. The predicted octanol–water partition coefficient (Wildman–Crippen LogP) is 4.30. The highest BCUT2D eigenvalue weighted by Crippen LogP contribution is 2.33. The van der Waals surface area contributed by atoms with Crippen LogP contribution in [0.2, 0.25) is 5.02 Å². The second-order valence-electron chi connectivity index (χ2n) is 5.93. The maximum Gasteiger partial charge on any atom is 0.416 e. The van der Waals surface area contributed by atoms with Crippen molar-refractivity contribution in [3.8, 4) is 5.69 Å². The van der Waals surface area contributed by atoms with Crippen LogP contribution in [0.1, 0.15) is 11.1 Å². The van der Waals surface area contributed by atoms with Gasteiger partial charge in [-0.15, -0.1) is 0 Å². The van der Waals surface area contributed by atoms with Crippen molar-refractivity contribution < 1.29 is 18.0 Å². The molecule has 3 aromatic rings. The number of aromatic nitrogens is 3. The minimum atomic E-state index is -4.55. The Hall–Kier alpha value is -3.07. The third-order valence-electron chi connectivity index (χ3n) is 3.90. The molecule has 0 radical (unpaired) electrons. The molecular formula is C18H15ClF3N5O. The lowest BCUT2D eigenvalue weighted by Crippen LogP contribution is -2.23. The summed E-state index contributed by atoms with van der Waals surface area (Å²) in [5, 5.41) is 9.82. The second kappa shape index (κ2) is 7.89. The van der Waals surface area contributed by atoms with E-state index in [-0.39, 0.29) is 17.9 Å². The Morgan fingerprint density at radius 3 is 2.64 bits per heavy atom. The molecule has 146 valence electrons. The monoisotopic (exact) mass is 409 g/mol. The maximum absolute atomic E-state index is 13.1. The number of carbonyl (C=O) groups is 1. The number of halogens is 4. The normalized spacial score (nSPS) is 11.3. The summed E-state index contributed by atoms with van der Waals surface area (Å²) >= 11 is 5.94. The van der Waals surface area contributed by atoms with Gasteiger partial charge in [-0.1, -0.05) is 17.7 Å². The number of hydrogen-bond acceptors (Lipinski definition) is 4. The Morgan fingerprint density at radius 1 is 1.18 bits per heavy atom. The van der Waals surface area contributed by atoms with Crippen LogP contribution in [0.4, 0.5) is 24.5 Å². The van der Waals surface area contributed by atoms with E-state index in [0.29, 0.717) is 10.7 Å². The fourth-order valence-electron chi connectivity index (χ4n) is 2.50. The lowest BCUT2D eigenvalue weighted by molar-refractivity contribution is -0.137. The number of hydrogen-bond donors (Lipinski definition) is 2. The van der Waals surface area contributed by atoms with Gasteiger partial charge in [0.2, 0.25) is 5.91 Å². The molecule has 1 heterocycles. The molecule has 0 saturated carbocycles. The van der Waals surface area contributed by atoms with Crippen LogP contribution in [0.15, 0.2) is 49.1 Å². The second-order valence-corrected chi connectivity index (χ2v) is 6.37. The van der Waals surface area contributed by atoms with Crippen LogP contribution in [0.3, 0.4) is 0 Å². The minimum absolute atomic E-state index is 0.0325. The van der Waals surface area contributed by atoms with Crippen LogP contribution < -0.4 is 10.6 Å². The summed E-state index contributed by atoms with van der Waals surface area (Å²) in [7, 11) is 0. The third-order valence-corrected chi connectivity index (χ3v) is 4.14. The zero-order valence-electron chi connectivity index (χ0n) is 14.6. The number of nitrogens with zero attached hydrogens (tertiary/aromatic N) is 3. The molecule has 0 bridgehead atoms. The Kier molecular flexibility index (Phi) is 5.55. The summed E-state index contributed by atoms with van der Waals surface area (Å²) in [6, 6.07) is 8.17. The topological polar surface area (TPSA) is 71.8 Å². The van der Waals surface area contributed by atoms with Gasteiger partial charge >= 0.3 is 6.18 Å². The van der Waals surface area contributed by atoms with E-state index in [0.717, 1.165) is 17.7 Å². The van der Waals surface area contributed by atoms with Gasteiger partial charge in [0.1, 0.15) is 12.7 Å². The molecule has 0 fully saturated rings. The van der Waals surface area contributed by atoms with Gasteiger partial charge in [0, 0.05) is 10.7 Å². The van der Waals surface area contributed by atoms with Gasteiger partial charge in [0.05, 0.1) is 23.5 Å². The fraction of sp³-hybridized carbons (Fsp3) is 0.167. The Morgan fingerprint density at radius 2 is 1.96 bits per heavy atom. The van der Waals surface area contributed by atoms with E-state index in [1.54, 1.807) is 18.2 Å². The van der Waals surface area contributed by atoms with E-state index in [4.69, 9.17) is 11.6 Å². The molecule has 1 amide bonds. The number of alkyl halides is 3. The molecule has 28 heavy (non-hydrogen) atoms. The molecule has 0 aliphatic heterocycles. The SMILES string of the molecule is Cc1ccc(Cl)cc1NCC(=O)Nc1cc(C(F)(F)F)ccc1-n1cncn1. The molecule has 0 spiro atoms. The number of anilines is 2. The van der Waals surface area contributed by atoms with Gasteiger partial charge in [0.25, 0.3) is 0 Å². The number of benzene rings is 2. The quantitative estimate of drug-likeness (QED) is 0.659. The first-order valence-corrected chi connectivity index (χ1v) is 8.48. The minimum Gasteiger partial charge on any atom is -0.376 e. The van der Waals surface area contributed by atoms with Crippen molar-refractivity contribution in [3.63, 3.8) is 0 Å². The van der Waals surface area contributed by atoms with Crippen molar-refractivity contribution in [2.45, 2.75) is 13.1 Å². The van der Waals surface area contributed by atoms with Crippen LogP contribution >= 0.6 is 11.6 Å². The molecule has 6 nitrogen and oxygen atoms in total. The average molecular weight is 410 g/mol. The summed E-state index contributed by atoms with van der Waals surface area (Å²) in [6.45, 7) is 1.68. The van der Waals surface area contributed by atoms with Gasteiger partial charge in [-0.3, -0.25) is 4.79 Å². The summed E-state index contributed by atoms with van der Waals surface area (Å²) < 4.78 is 40.4. The first-order valence-electron chi connectivity index (χ1n) is 8.10. The summed E-state index contributed by atoms with van der Waals surface area (Å²) in [4.78, 5) is 16.1. The molecule has 0 atom stereocenters. The lowest BCUT2D eigenvalue weighted by atomic mass is 10.1. The molecule has 3 rings (SSSR count). The smallest absolute Gasteiger partial charge is 0.376 e. The van der Waals surface area contributed by atoms with Gasteiger partial charge in [-0.25, -0.2) is 9.67 Å². The van der Waals surface area contributed by atoms with E-state index < -0.39 is 17.6 Å². The van der Waals surface area contributed by atoms with Crippen LogP contribution in [-0.2, 0) is 11.0 Å². The Labute approximate surface area is 163 Å². The van der Waals surface area contributed by atoms with Crippen LogP contribution in [0.5, 0.6) is 0 Å². The van der Waals surface area contributed by atoms with Crippen LogP contribution in [-0.4, -0.2) is 27.2 Å². The summed E-state index contributed by atoms with van der Waals surface area (Å²) in [5.41, 5.74) is 0.876. The molecule has 2 aromatic carbocycles. The maximum atomic E-state index is 13.1. The highest BCUT2D eigenvalue weighted by atomic mass is 35.5. The van der Waals surface area contributed by atoms with E-state index in [2.05, 4.69) is 20.7 Å². The summed E-state index contributed by atoms with van der Waals surface area (Å²) in [5.74, 6) is -0.528. The highest BCUT2D eigenvalue weighted by Gasteiger charge is 2.31. The van der Waals surface area contributed by atoms with Crippen molar-refractivity contribution in [1.82, 2.24) is 14.8 Å². The molecule has 0 aliphatic carbocycles. The Bertz CT molecular complexity index is 989. The predicted molar refractivity (Wildman–Crippen MR) is 99.7 cm³/mol. The highest BCUT2D eigenvalue weighted by molar-refractivity contribution is 6.30. The standard InChI is InChI=1S/C18H15ClF3N5O/c1-11-2-4-13(19)7-14(11)24-8-17(28)26-15-6-12(18(20,21)22)3-5-16(15)27-10-23-9-25-27/h2-7,9-10,24H,8H2,1H3,(H,26,28). The van der Waals surface area contributed by atoms with Crippen molar-refractivity contribution in [1.29, 1.82) is 0 Å². The molecular weight excluding hydrogens is 395 g/mol. The third kappa shape index (κ3) is 4.61. The van der Waals surface area contributed by atoms with Gasteiger partial charge < -0.3 is 10.6 Å². The van der Waals surface area contributed by atoms with Crippen LogP contribution in [0, 0.1) is 6.92 Å². The molecule has 1 aromatic heterocycles. The molecule has 0 unspecified atom stereocenters. The van der Waals surface area contributed by atoms with E-state index in [1.165, 1.54) is 23.4 Å². The first-order chi connectivity index (χ1) is 13.2. The van der Waals surface area contributed by atoms with E-state index >= 15 is 0 Å².